The average molecular weight is 257 g/mol. The van der Waals surface area contributed by atoms with Crippen molar-refractivity contribution in [3.63, 3.8) is 0 Å². The Labute approximate surface area is 106 Å². The molecule has 0 rings (SSSR count). The third-order valence-electron chi connectivity index (χ3n) is 1.58. The Balaban J connectivity index is 0. The van der Waals surface area contributed by atoms with E-state index in [0.29, 0.717) is 18.1 Å². The van der Waals surface area contributed by atoms with Crippen molar-refractivity contribution in [2.45, 2.75) is 6.23 Å². The number of aliphatic carboxylic acids is 1. The summed E-state index contributed by atoms with van der Waals surface area (Å²) in [6.07, 6.45) is 2.54. The van der Waals surface area contributed by atoms with E-state index < -0.39 is 18.1 Å². The van der Waals surface area contributed by atoms with Crippen LogP contribution in [0.3, 0.4) is 0 Å². The van der Waals surface area contributed by atoms with E-state index >= 15 is 0 Å². The molecule has 18 heavy (non-hydrogen) atoms. The summed E-state index contributed by atoms with van der Waals surface area (Å²) >= 11 is 0. The van der Waals surface area contributed by atoms with Gasteiger partial charge < -0.3 is 19.8 Å². The number of carbonyl (C=O) groups excluding carboxylic acids is 1. The molecule has 102 valence electrons. The highest BCUT2D eigenvalue weighted by Gasteiger charge is 2.21. The molecule has 0 aromatic heterocycles. The quantitative estimate of drug-likeness (QED) is 0.298. The number of aliphatic hydroxyl groups excluding tert-OH is 1. The summed E-state index contributed by atoms with van der Waals surface area (Å²) < 4.78 is 4.90. The normalized spacial score (nSPS) is 10.3. The molecule has 0 fully saturated rings. The van der Waals surface area contributed by atoms with Gasteiger partial charge in [0, 0.05) is 7.05 Å². The van der Waals surface area contributed by atoms with Gasteiger partial charge in [-0.05, 0) is 6.08 Å². The van der Waals surface area contributed by atoms with Gasteiger partial charge in [-0.15, -0.1) is 13.2 Å². The van der Waals surface area contributed by atoms with Crippen LogP contribution in [0.25, 0.3) is 0 Å². The van der Waals surface area contributed by atoms with Crippen LogP contribution in [0.1, 0.15) is 0 Å². The van der Waals surface area contributed by atoms with Gasteiger partial charge in [-0.3, -0.25) is 4.79 Å². The van der Waals surface area contributed by atoms with Crippen molar-refractivity contribution in [2.75, 3.05) is 20.3 Å². The molecular formula is C12H19NO5. The van der Waals surface area contributed by atoms with Crippen molar-refractivity contribution in [3.05, 3.63) is 38.0 Å². The smallest absolute Gasteiger partial charge is 0.354 e. The highest BCUT2D eigenvalue weighted by atomic mass is 16.5. The lowest BCUT2D eigenvalue weighted by Crippen LogP contribution is -2.41. The first-order valence-electron chi connectivity index (χ1n) is 5.02. The van der Waals surface area contributed by atoms with E-state index in [2.05, 4.69) is 19.7 Å². The molecule has 0 aliphatic rings. The zero-order valence-electron chi connectivity index (χ0n) is 10.4. The maximum absolute atomic E-state index is 10.6. The van der Waals surface area contributed by atoms with Crippen molar-refractivity contribution in [1.29, 1.82) is 0 Å². The van der Waals surface area contributed by atoms with E-state index in [-0.39, 0.29) is 0 Å². The molecule has 1 atom stereocenters. The zero-order valence-corrected chi connectivity index (χ0v) is 10.4. The molecule has 0 saturated carbocycles. The van der Waals surface area contributed by atoms with Gasteiger partial charge in [-0.1, -0.05) is 18.7 Å². The monoisotopic (exact) mass is 257 g/mol. The first kappa shape index (κ1) is 18.4. The molecule has 0 bridgehead atoms. The SMILES string of the molecule is C=CC(=O)N(C)C(O)C(=O)O.C=CCOCC=C. The van der Waals surface area contributed by atoms with Crippen LogP contribution in [0.4, 0.5) is 0 Å². The van der Waals surface area contributed by atoms with E-state index in [0.717, 1.165) is 6.08 Å². The Morgan fingerprint density at radius 1 is 1.28 bits per heavy atom. The molecule has 2 N–H and O–H groups in total. The fourth-order valence-corrected chi connectivity index (χ4v) is 0.665. The largest absolute Gasteiger partial charge is 0.478 e. The Kier molecular flexibility index (Phi) is 11.8. The molecule has 0 aliphatic heterocycles. The number of hydrogen-bond acceptors (Lipinski definition) is 4. The number of carboxylic acid groups (broad SMARTS) is 1. The second-order valence-electron chi connectivity index (χ2n) is 2.98. The molecule has 0 aliphatic carbocycles. The van der Waals surface area contributed by atoms with Gasteiger partial charge in [-0.2, -0.15) is 0 Å². The zero-order chi connectivity index (χ0) is 14.6. The summed E-state index contributed by atoms with van der Waals surface area (Å²) in [7, 11) is 1.17. The number of aliphatic hydroxyl groups is 1. The minimum absolute atomic E-state index is 0.617. The highest BCUT2D eigenvalue weighted by Crippen LogP contribution is 1.93. The molecule has 0 heterocycles. The first-order valence-corrected chi connectivity index (χ1v) is 5.02. The summed E-state index contributed by atoms with van der Waals surface area (Å²) in [4.78, 5) is 21.4. The Hall–Kier alpha value is -1.92. The maximum Gasteiger partial charge on any atom is 0.354 e. The second kappa shape index (κ2) is 11.6. The molecule has 6 nitrogen and oxygen atoms in total. The molecule has 1 amide bonds. The van der Waals surface area contributed by atoms with Gasteiger partial charge in [-0.25, -0.2) is 4.79 Å². The lowest BCUT2D eigenvalue weighted by molar-refractivity contribution is -0.161. The first-order chi connectivity index (χ1) is 8.42. The number of nitrogens with zero attached hydrogens (tertiary/aromatic N) is 1. The second-order valence-corrected chi connectivity index (χ2v) is 2.98. The molecule has 6 heteroatoms. The van der Waals surface area contributed by atoms with Crippen LogP contribution in [-0.4, -0.2) is 53.5 Å². The van der Waals surface area contributed by atoms with Crippen LogP contribution in [-0.2, 0) is 14.3 Å². The third kappa shape index (κ3) is 9.32. The van der Waals surface area contributed by atoms with E-state index in [4.69, 9.17) is 14.9 Å². The maximum atomic E-state index is 10.6. The summed E-state index contributed by atoms with van der Waals surface area (Å²) in [5.74, 6) is -2.11. The van der Waals surface area contributed by atoms with E-state index in [9.17, 15) is 9.59 Å². The van der Waals surface area contributed by atoms with Gasteiger partial charge in [0.2, 0.25) is 12.1 Å². The average Bonchev–Trinajstić information content (AvgIpc) is 2.37. The van der Waals surface area contributed by atoms with Gasteiger partial charge in [0.1, 0.15) is 0 Å². The lowest BCUT2D eigenvalue weighted by atomic mass is 10.4. The number of hydrogen-bond donors (Lipinski definition) is 2. The predicted molar refractivity (Wildman–Crippen MR) is 67.8 cm³/mol. The van der Waals surface area contributed by atoms with E-state index in [1.807, 2.05) is 0 Å². The fourth-order valence-electron chi connectivity index (χ4n) is 0.665. The predicted octanol–water partition coefficient (Wildman–Crippen LogP) is 0.409. The third-order valence-corrected chi connectivity index (χ3v) is 1.58. The Bertz CT molecular complexity index is 293. The molecule has 0 saturated heterocycles. The minimum atomic E-state index is -1.81. The molecule has 0 aromatic carbocycles. The van der Waals surface area contributed by atoms with Crippen LogP contribution < -0.4 is 0 Å². The van der Waals surface area contributed by atoms with E-state index in [1.54, 1.807) is 12.2 Å². The molecular weight excluding hydrogens is 238 g/mol. The minimum Gasteiger partial charge on any atom is -0.478 e. The van der Waals surface area contributed by atoms with Gasteiger partial charge in [0.05, 0.1) is 13.2 Å². The summed E-state index contributed by atoms with van der Waals surface area (Å²) in [5.41, 5.74) is 0. The number of rotatable bonds is 7. The molecule has 0 spiro atoms. The Morgan fingerprint density at radius 2 is 1.72 bits per heavy atom. The van der Waals surface area contributed by atoms with Crippen LogP contribution >= 0.6 is 0 Å². The van der Waals surface area contributed by atoms with Gasteiger partial charge in [0.15, 0.2) is 0 Å². The number of likely N-dealkylation sites (N-methyl/N-ethyl adjacent to an activating group) is 1. The lowest BCUT2D eigenvalue weighted by Gasteiger charge is -2.17. The van der Waals surface area contributed by atoms with Crippen LogP contribution in [0.2, 0.25) is 0 Å². The number of carbonyl (C=O) groups is 2. The van der Waals surface area contributed by atoms with Crippen molar-refractivity contribution >= 4 is 11.9 Å². The van der Waals surface area contributed by atoms with Crippen molar-refractivity contribution < 1.29 is 24.5 Å². The van der Waals surface area contributed by atoms with Crippen LogP contribution in [0.15, 0.2) is 38.0 Å². The summed E-state index contributed by atoms with van der Waals surface area (Å²) in [5, 5.41) is 17.0. The number of carboxylic acids is 1. The van der Waals surface area contributed by atoms with Gasteiger partial charge in [0.25, 0.3) is 0 Å². The topological polar surface area (TPSA) is 87.1 Å². The highest BCUT2D eigenvalue weighted by molar-refractivity contribution is 5.89. The van der Waals surface area contributed by atoms with Crippen molar-refractivity contribution in [2.24, 2.45) is 0 Å². The van der Waals surface area contributed by atoms with E-state index in [1.165, 1.54) is 7.05 Å². The van der Waals surface area contributed by atoms with Crippen LogP contribution in [0, 0.1) is 0 Å². The molecule has 0 radical (unpaired) electrons. The van der Waals surface area contributed by atoms with Crippen molar-refractivity contribution in [3.8, 4) is 0 Å². The number of ether oxygens (including phenoxy) is 1. The van der Waals surface area contributed by atoms with Gasteiger partial charge >= 0.3 is 5.97 Å². The van der Waals surface area contributed by atoms with Crippen molar-refractivity contribution in [1.82, 2.24) is 4.90 Å². The number of amides is 1. The summed E-state index contributed by atoms with van der Waals surface area (Å²) in [6.45, 7) is 11.3. The molecule has 0 aromatic rings. The molecule has 1 unspecified atom stereocenters. The standard InChI is InChI=1S/C6H9NO4.C6H10O/c1-3-4(8)7(2)5(9)6(10)11;1-3-5-7-6-4-2/h3,5,9H,1H2,2H3,(H,10,11);3-4H,1-2,5-6H2. The summed E-state index contributed by atoms with van der Waals surface area (Å²) in [6, 6.07) is 0. The van der Waals surface area contributed by atoms with Crippen LogP contribution in [0.5, 0.6) is 0 Å². The fraction of sp³-hybridized carbons (Fsp3) is 0.333. The Morgan fingerprint density at radius 3 is 2.00 bits per heavy atom.